The molecule has 1 saturated heterocycles. The van der Waals surface area contributed by atoms with Gasteiger partial charge in [-0.2, -0.15) is 8.78 Å². The number of rotatable bonds is 9. The third-order valence-electron chi connectivity index (χ3n) is 4.19. The van der Waals surface area contributed by atoms with Gasteiger partial charge in [0.15, 0.2) is 0 Å². The van der Waals surface area contributed by atoms with E-state index < -0.39 is 64.3 Å². The largest absolute Gasteiger partial charge is 0.444 e. The second-order valence-corrected chi connectivity index (χ2v) is 12.2. The molecular weight excluding hydrogens is 520 g/mol. The highest BCUT2D eigenvalue weighted by atomic mass is 31.3. The summed E-state index contributed by atoms with van der Waals surface area (Å²) in [4.78, 5) is 54.3. The minimum Gasteiger partial charge on any atom is -0.443 e. The summed E-state index contributed by atoms with van der Waals surface area (Å²) < 4.78 is 76.0. The number of hydrogen-bond donors (Lipinski definition) is 4. The van der Waals surface area contributed by atoms with E-state index in [0.29, 0.717) is 0 Å². The van der Waals surface area contributed by atoms with Crippen LogP contribution in [0.5, 0.6) is 0 Å². The number of aromatic nitrogens is 2. The molecule has 1 aliphatic heterocycles. The first kappa shape index (κ1) is 27.6. The molecule has 0 spiro atoms. The zero-order valence-corrected chi connectivity index (χ0v) is 19.0. The van der Waals surface area contributed by atoms with Crippen molar-refractivity contribution in [3.05, 3.63) is 43.0 Å². The molecule has 5 atom stereocenters. The van der Waals surface area contributed by atoms with Crippen molar-refractivity contribution in [2.24, 2.45) is 5.11 Å². The van der Waals surface area contributed by atoms with Crippen LogP contribution < -0.4 is 11.2 Å². The van der Waals surface area contributed by atoms with Gasteiger partial charge in [-0.05, 0) is 12.5 Å². The van der Waals surface area contributed by atoms with E-state index in [9.17, 15) is 37.0 Å². The lowest BCUT2D eigenvalue weighted by Crippen LogP contribution is -2.33. The summed E-state index contributed by atoms with van der Waals surface area (Å²) in [6.07, 6.45) is -1.51. The Morgan fingerprint density at radius 3 is 2.55 bits per heavy atom. The Balaban J connectivity index is 2.19. The Bertz CT molecular complexity index is 1230. The Morgan fingerprint density at radius 1 is 1.39 bits per heavy atom. The molecule has 4 N–H and O–H groups in total. The lowest BCUT2D eigenvalue weighted by molar-refractivity contribution is -0.0232. The molecule has 1 aromatic rings. The monoisotopic (exact) mass is 535 g/mol. The minimum absolute atomic E-state index is 0.128. The molecule has 0 aromatic carbocycles. The highest BCUT2D eigenvalue weighted by Crippen LogP contribution is 2.77. The van der Waals surface area contributed by atoms with Gasteiger partial charge >= 0.3 is 26.3 Å². The fourth-order valence-corrected chi connectivity index (χ4v) is 6.41. The van der Waals surface area contributed by atoms with E-state index >= 15 is 0 Å². The summed E-state index contributed by atoms with van der Waals surface area (Å²) in [5, 5.41) is -2.26. The Labute approximate surface area is 183 Å². The van der Waals surface area contributed by atoms with Gasteiger partial charge in [0.1, 0.15) is 6.23 Å². The first-order chi connectivity index (χ1) is 14.9. The highest BCUT2D eigenvalue weighted by Gasteiger charge is 2.65. The van der Waals surface area contributed by atoms with Crippen LogP contribution in [0.2, 0.25) is 0 Å². The zero-order chi connectivity index (χ0) is 25.4. The van der Waals surface area contributed by atoms with E-state index in [1.54, 1.807) is 0 Å². The van der Waals surface area contributed by atoms with Crippen molar-refractivity contribution in [1.29, 1.82) is 0 Å². The van der Waals surface area contributed by atoms with Crippen LogP contribution in [0.1, 0.15) is 18.2 Å². The summed E-state index contributed by atoms with van der Waals surface area (Å²) in [7, 11) is -13.5. The molecule has 0 bridgehead atoms. The second-order valence-electron chi connectivity index (χ2n) is 6.61. The summed E-state index contributed by atoms with van der Waals surface area (Å²) in [6, 6.07) is -1.11. The first-order valence-corrected chi connectivity index (χ1v) is 13.2. The number of ether oxygens (including phenoxy) is 1. The molecule has 3 radical (unpaired) electrons. The van der Waals surface area contributed by atoms with Crippen LogP contribution in [0.4, 0.5) is 8.78 Å². The topological polar surface area (TPSA) is 243 Å². The SMILES string of the molecule is [B-][P@@](=O)(OC[C@H]1O[C@@H](n2cc(C)c(=O)[nH]c2=O)C[C@@H]1N=[N+]=[N-])OP(=O)(O)C(F)(F)P(=O)(O)O. The quantitative estimate of drug-likeness (QED) is 0.114. The van der Waals surface area contributed by atoms with Crippen molar-refractivity contribution in [2.45, 2.75) is 37.1 Å². The molecule has 16 nitrogen and oxygen atoms in total. The maximum absolute atomic E-state index is 13.5. The number of halogens is 2. The van der Waals surface area contributed by atoms with Crippen molar-refractivity contribution >= 4 is 30.2 Å². The first-order valence-electron chi connectivity index (χ1n) is 8.44. The van der Waals surface area contributed by atoms with Gasteiger partial charge in [-0.3, -0.25) is 27.8 Å². The van der Waals surface area contributed by atoms with Gasteiger partial charge in [0.05, 0.1) is 26.2 Å². The normalized spacial score (nSPS) is 25.1. The zero-order valence-electron chi connectivity index (χ0n) is 16.3. The molecule has 2 heterocycles. The fraction of sp³-hybridized carbons (Fsp3) is 0.636. The molecule has 1 aromatic heterocycles. The molecule has 1 aliphatic rings. The van der Waals surface area contributed by atoms with E-state index in [4.69, 9.17) is 27.6 Å². The molecule has 22 heteroatoms. The van der Waals surface area contributed by atoms with Crippen LogP contribution in [0.15, 0.2) is 20.9 Å². The Hall–Kier alpha value is -1.64. The predicted octanol–water partition coefficient (Wildman–Crippen LogP) is 1.03. The summed E-state index contributed by atoms with van der Waals surface area (Å²) in [5.41, 5.74) is 7.28. The lowest BCUT2D eigenvalue weighted by atomic mass is 10.1. The van der Waals surface area contributed by atoms with Gasteiger partial charge in [-0.25, -0.2) is 4.79 Å². The van der Waals surface area contributed by atoms with Gasteiger partial charge in [0, 0.05) is 23.1 Å². The van der Waals surface area contributed by atoms with E-state index in [-0.39, 0.29) is 12.0 Å². The highest BCUT2D eigenvalue weighted by molar-refractivity contribution is 7.86. The average Bonchev–Trinajstić information content (AvgIpc) is 3.04. The molecule has 2 rings (SSSR count). The van der Waals surface area contributed by atoms with Crippen LogP contribution in [0.25, 0.3) is 10.4 Å². The Morgan fingerprint density at radius 2 is 2.00 bits per heavy atom. The van der Waals surface area contributed by atoms with Gasteiger partial charge in [-0.1, -0.05) is 5.11 Å². The summed E-state index contributed by atoms with van der Waals surface area (Å²) in [5.74, 6) is 0. The average molecular weight is 535 g/mol. The van der Waals surface area contributed by atoms with Gasteiger partial charge < -0.3 is 36.1 Å². The van der Waals surface area contributed by atoms with Crippen molar-refractivity contribution < 1.29 is 50.7 Å². The van der Waals surface area contributed by atoms with Crippen LogP contribution in [0.3, 0.4) is 0 Å². The van der Waals surface area contributed by atoms with Crippen LogP contribution in [-0.2, 0) is 27.3 Å². The van der Waals surface area contributed by atoms with Crippen LogP contribution >= 0.6 is 22.7 Å². The number of azide groups is 1. The predicted molar refractivity (Wildman–Crippen MR) is 105 cm³/mol. The molecule has 1 fully saturated rings. The molecular formula is C11H15BF2N5O11P3-. The van der Waals surface area contributed by atoms with Crippen LogP contribution in [-0.4, -0.2) is 56.0 Å². The maximum Gasteiger partial charge on any atom is 0.444 e. The standard InChI is InChI=1S/C11H15BF2N5O11P3/c1-5-3-19(10(21)16-9(5)20)8-2-6(17-18-15)7(29-8)4-28-33(12,27)30-32(25,26)11(13,14)31(22,23)24/h3,6-8H,2,4H2,1H3,(H,25,26)(H,16,20,21)(H2,22,23,24)/q-1/t6-,7+,8+,33+/m0/s1. The molecule has 33 heavy (non-hydrogen) atoms. The number of aromatic amines is 1. The van der Waals surface area contributed by atoms with Crippen molar-refractivity contribution in [3.63, 3.8) is 0 Å². The molecule has 0 amide bonds. The molecule has 0 aliphatic carbocycles. The van der Waals surface area contributed by atoms with Gasteiger partial charge in [0.25, 0.3) is 5.56 Å². The maximum atomic E-state index is 13.5. The molecule has 183 valence electrons. The third-order valence-corrected chi connectivity index (χ3v) is 9.42. The number of alkyl halides is 2. The summed E-state index contributed by atoms with van der Waals surface area (Å²) in [6.45, 7) is 0.435. The van der Waals surface area contributed by atoms with Gasteiger partial charge in [-0.15, -0.1) is 0 Å². The fourth-order valence-electron chi connectivity index (χ4n) is 2.59. The minimum atomic E-state index is -6.62. The van der Waals surface area contributed by atoms with E-state index in [1.165, 1.54) is 6.92 Å². The van der Waals surface area contributed by atoms with Crippen molar-refractivity contribution in [2.75, 3.05) is 6.61 Å². The van der Waals surface area contributed by atoms with Crippen LogP contribution in [0, 0.1) is 6.92 Å². The lowest BCUT2D eigenvalue weighted by Gasteiger charge is -2.32. The second kappa shape index (κ2) is 9.55. The molecule has 1 unspecified atom stereocenters. The summed E-state index contributed by atoms with van der Waals surface area (Å²) >= 11 is 0. The van der Waals surface area contributed by atoms with Gasteiger partial charge in [0.2, 0.25) is 0 Å². The van der Waals surface area contributed by atoms with Crippen molar-refractivity contribution in [3.8, 4) is 0 Å². The smallest absolute Gasteiger partial charge is 0.443 e. The number of nitrogens with zero attached hydrogens (tertiary/aromatic N) is 4. The van der Waals surface area contributed by atoms with E-state index in [2.05, 4.69) is 18.9 Å². The van der Waals surface area contributed by atoms with Crippen molar-refractivity contribution in [1.82, 2.24) is 9.55 Å². The van der Waals surface area contributed by atoms with E-state index in [1.807, 2.05) is 4.98 Å². The third kappa shape index (κ3) is 6.08. The number of aryl methyl sites for hydroxylation is 1. The Kier molecular flexibility index (Phi) is 7.99. The van der Waals surface area contributed by atoms with E-state index in [0.717, 1.165) is 10.8 Å². The number of nitrogens with one attached hydrogen (secondary N) is 1. The number of H-pyrrole nitrogens is 1. The molecule has 0 saturated carbocycles. The number of hydrogen-bond acceptors (Lipinski definition) is 9.